The maximum Gasteiger partial charge on any atom is 0.234 e. The van der Waals surface area contributed by atoms with Gasteiger partial charge in [-0.2, -0.15) is 5.26 Å². The van der Waals surface area contributed by atoms with Crippen LogP contribution in [0.1, 0.15) is 17.5 Å². The van der Waals surface area contributed by atoms with Crippen molar-refractivity contribution in [2.45, 2.75) is 13.0 Å². The van der Waals surface area contributed by atoms with Crippen LogP contribution in [-0.2, 0) is 16.1 Å². The molecule has 23 heavy (non-hydrogen) atoms. The van der Waals surface area contributed by atoms with E-state index in [4.69, 9.17) is 0 Å². The molecule has 6 rings (SSSR count). The van der Waals surface area contributed by atoms with Crippen LogP contribution in [0.5, 0.6) is 0 Å². The zero-order valence-corrected chi connectivity index (χ0v) is 12.6. The van der Waals surface area contributed by atoms with Crippen LogP contribution in [0.4, 0.5) is 0 Å². The predicted octanol–water partition coefficient (Wildman–Crippen LogP) is 2.11. The number of amides is 2. The minimum atomic E-state index is -0.157. The number of rotatable bonds is 2. The molecule has 2 saturated carbocycles. The van der Waals surface area contributed by atoms with Crippen molar-refractivity contribution in [1.82, 2.24) is 4.90 Å². The highest BCUT2D eigenvalue weighted by Gasteiger charge is 2.66. The summed E-state index contributed by atoms with van der Waals surface area (Å²) in [5.41, 5.74) is 1.28. The Balaban J connectivity index is 1.49. The van der Waals surface area contributed by atoms with E-state index in [1.165, 1.54) is 11.3 Å². The molecule has 114 valence electrons. The van der Waals surface area contributed by atoms with Crippen molar-refractivity contribution in [3.63, 3.8) is 0 Å². The van der Waals surface area contributed by atoms with Gasteiger partial charge in [-0.1, -0.05) is 30.4 Å². The van der Waals surface area contributed by atoms with Gasteiger partial charge < -0.3 is 0 Å². The van der Waals surface area contributed by atoms with E-state index in [9.17, 15) is 14.9 Å². The number of hydrogen-bond acceptors (Lipinski definition) is 3. The SMILES string of the molecule is N#Cc1ccccc1CN1C(=O)[C@@H]2[C@H]3C=C[C@@H]([C@@H]4C[C@H]34)[C@H]2C1=O. The summed E-state index contributed by atoms with van der Waals surface area (Å²) in [6, 6.07) is 9.34. The van der Waals surface area contributed by atoms with Gasteiger partial charge in [0.25, 0.3) is 0 Å². The topological polar surface area (TPSA) is 61.2 Å². The van der Waals surface area contributed by atoms with Crippen LogP contribution in [0.3, 0.4) is 0 Å². The van der Waals surface area contributed by atoms with Gasteiger partial charge in [-0.3, -0.25) is 14.5 Å². The predicted molar refractivity (Wildman–Crippen MR) is 81.4 cm³/mol. The van der Waals surface area contributed by atoms with Gasteiger partial charge in [-0.25, -0.2) is 0 Å². The molecule has 0 aromatic heterocycles. The first-order valence-corrected chi connectivity index (χ1v) is 8.22. The molecule has 0 N–H and O–H groups in total. The van der Waals surface area contributed by atoms with E-state index in [0.29, 0.717) is 17.4 Å². The number of allylic oxidation sites excluding steroid dienone is 2. The second-order valence-electron chi connectivity index (χ2n) is 7.19. The van der Waals surface area contributed by atoms with Crippen LogP contribution in [0.25, 0.3) is 0 Å². The smallest absolute Gasteiger partial charge is 0.234 e. The second-order valence-corrected chi connectivity index (χ2v) is 7.19. The molecule has 1 saturated heterocycles. The molecule has 1 aromatic rings. The Hall–Kier alpha value is -2.41. The summed E-state index contributed by atoms with van der Waals surface area (Å²) in [6.45, 7) is 0.225. The Kier molecular flexibility index (Phi) is 2.45. The lowest BCUT2D eigenvalue weighted by Gasteiger charge is -2.37. The lowest BCUT2D eigenvalue weighted by atomic mass is 9.63. The molecule has 2 amide bonds. The Labute approximate surface area is 134 Å². The molecule has 1 aromatic carbocycles. The van der Waals surface area contributed by atoms with Gasteiger partial charge in [0.2, 0.25) is 11.8 Å². The molecule has 1 aliphatic heterocycles. The van der Waals surface area contributed by atoms with E-state index in [2.05, 4.69) is 18.2 Å². The van der Waals surface area contributed by atoms with E-state index >= 15 is 0 Å². The van der Waals surface area contributed by atoms with E-state index < -0.39 is 0 Å². The Morgan fingerprint density at radius 3 is 2.26 bits per heavy atom. The first kappa shape index (κ1) is 13.1. The summed E-state index contributed by atoms with van der Waals surface area (Å²) >= 11 is 0. The molecule has 3 fully saturated rings. The zero-order chi connectivity index (χ0) is 15.7. The fourth-order valence-electron chi connectivity index (χ4n) is 5.11. The summed E-state index contributed by atoms with van der Waals surface area (Å²) < 4.78 is 0. The summed E-state index contributed by atoms with van der Waals surface area (Å²) in [7, 11) is 0. The Morgan fingerprint density at radius 2 is 1.65 bits per heavy atom. The van der Waals surface area contributed by atoms with E-state index in [-0.39, 0.29) is 42.0 Å². The summed E-state index contributed by atoms with van der Waals surface area (Å²) in [6.07, 6.45) is 5.53. The van der Waals surface area contributed by atoms with Crippen LogP contribution in [0, 0.1) is 46.8 Å². The maximum atomic E-state index is 12.9. The van der Waals surface area contributed by atoms with Crippen molar-refractivity contribution >= 4 is 11.8 Å². The third kappa shape index (κ3) is 1.60. The fraction of sp³-hybridized carbons (Fsp3) is 0.421. The van der Waals surface area contributed by atoms with Gasteiger partial charge in [-0.05, 0) is 41.7 Å². The molecular weight excluding hydrogens is 288 g/mol. The molecule has 6 atom stereocenters. The van der Waals surface area contributed by atoms with E-state index in [0.717, 1.165) is 5.56 Å². The van der Waals surface area contributed by atoms with Crippen molar-refractivity contribution in [3.8, 4) is 6.07 Å². The normalized spacial score (nSPS) is 39.2. The number of nitriles is 1. The number of hydrogen-bond donors (Lipinski definition) is 0. The second kappa shape index (κ2) is 4.32. The maximum absolute atomic E-state index is 12.9. The summed E-state index contributed by atoms with van der Waals surface area (Å²) in [4.78, 5) is 27.2. The standard InChI is InChI=1S/C19H16N2O2/c20-8-10-3-1-2-4-11(10)9-21-18(22)16-12-5-6-13(15-7-14(12)15)17(16)19(21)23/h1-6,12-17H,7,9H2/t12-,13-,14-,15+,16+,17+/m0/s1. The number of carbonyl (C=O) groups is 2. The first-order valence-electron chi connectivity index (χ1n) is 8.22. The molecule has 4 aliphatic carbocycles. The number of imide groups is 1. The highest BCUT2D eigenvalue weighted by molar-refractivity contribution is 6.06. The Morgan fingerprint density at radius 1 is 1.04 bits per heavy atom. The molecule has 2 bridgehead atoms. The number of carbonyl (C=O) groups excluding carboxylic acids is 2. The lowest BCUT2D eigenvalue weighted by Crippen LogP contribution is -2.40. The minimum absolute atomic E-state index is 0.0301. The van der Waals surface area contributed by atoms with Crippen LogP contribution in [0.2, 0.25) is 0 Å². The van der Waals surface area contributed by atoms with Gasteiger partial charge in [0.1, 0.15) is 0 Å². The van der Waals surface area contributed by atoms with E-state index in [1.54, 1.807) is 12.1 Å². The third-order valence-electron chi connectivity index (χ3n) is 6.22. The highest BCUT2D eigenvalue weighted by Crippen LogP contribution is 2.65. The highest BCUT2D eigenvalue weighted by atomic mass is 16.2. The van der Waals surface area contributed by atoms with Crippen molar-refractivity contribution < 1.29 is 9.59 Å². The average Bonchev–Trinajstić information content (AvgIpc) is 3.36. The van der Waals surface area contributed by atoms with Crippen molar-refractivity contribution in [1.29, 1.82) is 5.26 Å². The molecular formula is C19H16N2O2. The number of nitrogens with zero attached hydrogens (tertiary/aromatic N) is 2. The van der Waals surface area contributed by atoms with Crippen LogP contribution < -0.4 is 0 Å². The van der Waals surface area contributed by atoms with Gasteiger partial charge in [0, 0.05) is 0 Å². The first-order chi connectivity index (χ1) is 11.2. The van der Waals surface area contributed by atoms with Gasteiger partial charge in [-0.15, -0.1) is 0 Å². The van der Waals surface area contributed by atoms with Gasteiger partial charge in [0.15, 0.2) is 0 Å². The van der Waals surface area contributed by atoms with Crippen molar-refractivity contribution in [2.24, 2.45) is 35.5 Å². The molecule has 0 spiro atoms. The quantitative estimate of drug-likeness (QED) is 0.621. The molecule has 4 heteroatoms. The zero-order valence-electron chi connectivity index (χ0n) is 12.6. The molecule has 1 heterocycles. The number of likely N-dealkylation sites (tertiary alicyclic amines) is 1. The van der Waals surface area contributed by atoms with Crippen LogP contribution >= 0.6 is 0 Å². The van der Waals surface area contributed by atoms with Gasteiger partial charge >= 0.3 is 0 Å². The lowest BCUT2D eigenvalue weighted by molar-refractivity contribution is -0.140. The molecule has 4 nitrogen and oxygen atoms in total. The molecule has 0 unspecified atom stereocenters. The van der Waals surface area contributed by atoms with Crippen LogP contribution in [0.15, 0.2) is 36.4 Å². The monoisotopic (exact) mass is 304 g/mol. The summed E-state index contributed by atoms with van der Waals surface area (Å²) in [5.74, 6) is 1.37. The minimum Gasteiger partial charge on any atom is -0.278 e. The molecule has 0 radical (unpaired) electrons. The van der Waals surface area contributed by atoms with Gasteiger partial charge in [0.05, 0.1) is 30.0 Å². The third-order valence-corrected chi connectivity index (χ3v) is 6.22. The average molecular weight is 304 g/mol. The van der Waals surface area contributed by atoms with Crippen molar-refractivity contribution in [3.05, 3.63) is 47.5 Å². The number of benzene rings is 1. The fourth-order valence-corrected chi connectivity index (χ4v) is 5.11. The molecule has 5 aliphatic rings. The van der Waals surface area contributed by atoms with Crippen LogP contribution in [-0.4, -0.2) is 16.7 Å². The summed E-state index contributed by atoms with van der Waals surface area (Å²) in [5, 5.41) is 9.22. The van der Waals surface area contributed by atoms with Crippen molar-refractivity contribution in [2.75, 3.05) is 0 Å². The van der Waals surface area contributed by atoms with E-state index in [1.807, 2.05) is 12.1 Å². The largest absolute Gasteiger partial charge is 0.278 e. The Bertz CT molecular complexity index is 770.